The molecule has 1 saturated heterocycles. The molecule has 0 spiro atoms. The van der Waals surface area contributed by atoms with Crippen molar-refractivity contribution in [2.75, 3.05) is 25.0 Å². The molecule has 1 aliphatic rings. The minimum Gasteiger partial charge on any atom is -0.369 e. The molecule has 1 aliphatic heterocycles. The number of hydrogen-bond acceptors (Lipinski definition) is 6. The monoisotopic (exact) mass is 326 g/mol. The molecule has 126 valence electrons. The highest BCUT2D eigenvalue weighted by molar-refractivity contribution is 5.75. The Morgan fingerprint density at radius 2 is 2.04 bits per heavy atom. The van der Waals surface area contributed by atoms with Crippen molar-refractivity contribution in [2.24, 2.45) is 11.7 Å². The number of carbonyl (C=O) groups is 1. The van der Waals surface area contributed by atoms with Crippen LogP contribution in [0.5, 0.6) is 0 Å². The molecule has 7 heteroatoms. The van der Waals surface area contributed by atoms with Crippen LogP contribution in [0.25, 0.3) is 0 Å². The molecule has 0 radical (unpaired) electrons. The van der Waals surface area contributed by atoms with E-state index in [2.05, 4.69) is 25.2 Å². The molecule has 0 atom stereocenters. The first-order valence-corrected chi connectivity index (χ1v) is 8.18. The van der Waals surface area contributed by atoms with E-state index in [1.807, 2.05) is 24.3 Å². The van der Waals surface area contributed by atoms with E-state index in [1.54, 1.807) is 12.5 Å². The van der Waals surface area contributed by atoms with Crippen molar-refractivity contribution in [3.63, 3.8) is 0 Å². The Balaban J connectivity index is 1.55. The van der Waals surface area contributed by atoms with Gasteiger partial charge in [-0.15, -0.1) is 0 Å². The van der Waals surface area contributed by atoms with Gasteiger partial charge in [-0.2, -0.15) is 0 Å². The zero-order valence-corrected chi connectivity index (χ0v) is 13.6. The zero-order valence-electron chi connectivity index (χ0n) is 13.6. The minimum atomic E-state index is -0.255. The maximum Gasteiger partial charge on any atom is 0.231 e. The molecule has 7 nitrogen and oxygen atoms in total. The van der Waals surface area contributed by atoms with Gasteiger partial charge in [0.2, 0.25) is 5.91 Å². The fraction of sp³-hybridized carbons (Fsp3) is 0.412. The molecular weight excluding hydrogens is 304 g/mol. The molecule has 3 rings (SSSR count). The molecule has 3 N–H and O–H groups in total. The summed E-state index contributed by atoms with van der Waals surface area (Å²) in [6.45, 7) is 2.19. The molecule has 0 saturated carbocycles. The van der Waals surface area contributed by atoms with Crippen molar-refractivity contribution < 1.29 is 4.79 Å². The molecule has 1 fully saturated rings. The summed E-state index contributed by atoms with van der Waals surface area (Å²) < 4.78 is 0. The molecule has 3 heterocycles. The molecule has 0 unspecified atom stereocenters. The summed E-state index contributed by atoms with van der Waals surface area (Å²) >= 11 is 0. The van der Waals surface area contributed by atoms with Crippen LogP contribution in [0.3, 0.4) is 0 Å². The van der Waals surface area contributed by atoms with Gasteiger partial charge in [0.05, 0.1) is 6.54 Å². The Hall–Kier alpha value is -2.54. The second-order valence-electron chi connectivity index (χ2n) is 6.12. The van der Waals surface area contributed by atoms with Gasteiger partial charge in [0.25, 0.3) is 0 Å². The maximum absolute atomic E-state index is 11.0. The second-order valence-corrected chi connectivity index (χ2v) is 6.12. The van der Waals surface area contributed by atoms with Gasteiger partial charge in [0, 0.05) is 18.0 Å². The number of carbonyl (C=O) groups excluding carboxylic acids is 1. The number of pyridine rings is 1. The van der Waals surface area contributed by atoms with Gasteiger partial charge in [0.15, 0.2) is 0 Å². The molecular formula is C17H22N6O. The lowest BCUT2D eigenvalue weighted by atomic mass is 9.92. The third-order valence-electron chi connectivity index (χ3n) is 4.23. The predicted molar refractivity (Wildman–Crippen MR) is 91.6 cm³/mol. The van der Waals surface area contributed by atoms with Crippen molar-refractivity contribution in [1.29, 1.82) is 0 Å². The smallest absolute Gasteiger partial charge is 0.231 e. The van der Waals surface area contributed by atoms with Gasteiger partial charge in [-0.3, -0.25) is 9.69 Å². The topological polar surface area (TPSA) is 97.0 Å². The zero-order chi connectivity index (χ0) is 16.8. The Kier molecular flexibility index (Phi) is 5.32. The van der Waals surface area contributed by atoms with E-state index in [4.69, 9.17) is 5.73 Å². The van der Waals surface area contributed by atoms with E-state index >= 15 is 0 Å². The van der Waals surface area contributed by atoms with Gasteiger partial charge in [0.1, 0.15) is 18.0 Å². The number of rotatable bonds is 6. The number of hydrogen-bond donors (Lipinski definition) is 2. The largest absolute Gasteiger partial charge is 0.369 e. The van der Waals surface area contributed by atoms with E-state index in [0.29, 0.717) is 12.5 Å². The standard InChI is InChI=1S/C17H22N6O/c18-15(24)11-23-7-4-13(5-8-23)9-14-10-17(21-12-20-14)22-16-3-1-2-6-19-16/h1-3,6,10,12-13H,4-5,7-9,11H2,(H2,18,24)(H,19,20,21,22). The number of nitrogens with one attached hydrogen (secondary N) is 1. The fourth-order valence-corrected chi connectivity index (χ4v) is 3.01. The average molecular weight is 326 g/mol. The summed E-state index contributed by atoms with van der Waals surface area (Å²) in [4.78, 5) is 26.0. The third-order valence-corrected chi connectivity index (χ3v) is 4.23. The third kappa shape index (κ3) is 4.73. The molecule has 2 aromatic heterocycles. The van der Waals surface area contributed by atoms with Gasteiger partial charge in [-0.05, 0) is 50.4 Å². The van der Waals surface area contributed by atoms with Crippen LogP contribution in [0.1, 0.15) is 18.5 Å². The van der Waals surface area contributed by atoms with Crippen LogP contribution in [0.15, 0.2) is 36.8 Å². The number of nitrogens with zero attached hydrogens (tertiary/aromatic N) is 4. The van der Waals surface area contributed by atoms with E-state index < -0.39 is 0 Å². The number of amides is 1. The normalized spacial score (nSPS) is 16.0. The van der Waals surface area contributed by atoms with Crippen LogP contribution in [-0.4, -0.2) is 45.4 Å². The highest BCUT2D eigenvalue weighted by Crippen LogP contribution is 2.21. The van der Waals surface area contributed by atoms with Crippen LogP contribution < -0.4 is 11.1 Å². The molecule has 0 aromatic carbocycles. The van der Waals surface area contributed by atoms with E-state index in [-0.39, 0.29) is 5.91 Å². The summed E-state index contributed by atoms with van der Waals surface area (Å²) in [6, 6.07) is 7.68. The summed E-state index contributed by atoms with van der Waals surface area (Å²) in [5.74, 6) is 1.84. The highest BCUT2D eigenvalue weighted by Gasteiger charge is 2.20. The first kappa shape index (κ1) is 16.3. The molecule has 1 amide bonds. The Morgan fingerprint density at radius 3 is 2.75 bits per heavy atom. The lowest BCUT2D eigenvalue weighted by Gasteiger charge is -2.30. The van der Waals surface area contributed by atoms with Crippen molar-refractivity contribution in [1.82, 2.24) is 19.9 Å². The average Bonchev–Trinajstić information content (AvgIpc) is 2.57. The lowest BCUT2D eigenvalue weighted by Crippen LogP contribution is -2.39. The molecule has 24 heavy (non-hydrogen) atoms. The van der Waals surface area contributed by atoms with Crippen molar-refractivity contribution in [3.05, 3.63) is 42.5 Å². The van der Waals surface area contributed by atoms with Crippen LogP contribution in [0.2, 0.25) is 0 Å². The molecule has 0 aliphatic carbocycles. The minimum absolute atomic E-state index is 0.255. The van der Waals surface area contributed by atoms with Gasteiger partial charge >= 0.3 is 0 Å². The fourth-order valence-electron chi connectivity index (χ4n) is 3.01. The van der Waals surface area contributed by atoms with Gasteiger partial charge < -0.3 is 11.1 Å². The van der Waals surface area contributed by atoms with Crippen molar-refractivity contribution >= 4 is 17.5 Å². The number of aromatic nitrogens is 3. The van der Waals surface area contributed by atoms with Crippen LogP contribution >= 0.6 is 0 Å². The second kappa shape index (κ2) is 7.83. The first-order chi connectivity index (χ1) is 11.7. The lowest BCUT2D eigenvalue weighted by molar-refractivity contribution is -0.119. The van der Waals surface area contributed by atoms with E-state index in [1.165, 1.54) is 0 Å². The number of primary amides is 1. The number of nitrogens with two attached hydrogens (primary N) is 1. The highest BCUT2D eigenvalue weighted by atomic mass is 16.1. The SMILES string of the molecule is NC(=O)CN1CCC(Cc2cc(Nc3ccccn3)ncn2)CC1. The van der Waals surface area contributed by atoms with Crippen LogP contribution in [0.4, 0.5) is 11.6 Å². The van der Waals surface area contributed by atoms with Gasteiger partial charge in [-0.1, -0.05) is 6.07 Å². The van der Waals surface area contributed by atoms with Crippen molar-refractivity contribution in [2.45, 2.75) is 19.3 Å². The summed E-state index contributed by atoms with van der Waals surface area (Å²) in [5.41, 5.74) is 6.28. The summed E-state index contributed by atoms with van der Waals surface area (Å²) in [6.07, 6.45) is 6.36. The van der Waals surface area contributed by atoms with Crippen molar-refractivity contribution in [3.8, 4) is 0 Å². The summed E-state index contributed by atoms with van der Waals surface area (Å²) in [7, 11) is 0. The Bertz CT molecular complexity index is 670. The molecule has 2 aromatic rings. The quantitative estimate of drug-likeness (QED) is 0.832. The van der Waals surface area contributed by atoms with Crippen LogP contribution in [-0.2, 0) is 11.2 Å². The maximum atomic E-state index is 11.0. The van der Waals surface area contributed by atoms with Crippen LogP contribution in [0, 0.1) is 5.92 Å². The summed E-state index contributed by atoms with van der Waals surface area (Å²) in [5, 5.41) is 3.19. The van der Waals surface area contributed by atoms with E-state index in [0.717, 1.165) is 49.7 Å². The first-order valence-electron chi connectivity index (χ1n) is 8.18. The van der Waals surface area contributed by atoms with Gasteiger partial charge in [-0.25, -0.2) is 15.0 Å². The molecule has 0 bridgehead atoms. The number of anilines is 2. The number of piperidine rings is 1. The number of likely N-dealkylation sites (tertiary alicyclic amines) is 1. The van der Waals surface area contributed by atoms with E-state index in [9.17, 15) is 4.79 Å². The Labute approximate surface area is 141 Å². The Morgan fingerprint density at radius 1 is 1.21 bits per heavy atom. The predicted octanol–water partition coefficient (Wildman–Crippen LogP) is 1.35.